The SMILES string of the molecule is CC(C)(C)OC(=O)ON1CCC(CCn2cc(Nc3cc(-c4ccc(OC5CCOCC5)c(C#N)c4)ccn3)cn2)CC1. The molecule has 1 N–H and O–H groups in total. The van der Waals surface area contributed by atoms with E-state index in [4.69, 9.17) is 19.0 Å². The molecule has 0 amide bonds. The number of anilines is 2. The summed E-state index contributed by atoms with van der Waals surface area (Å²) in [5, 5.41) is 19.3. The van der Waals surface area contributed by atoms with E-state index in [1.165, 1.54) is 0 Å². The molecule has 0 aliphatic carbocycles. The Hall–Kier alpha value is -4.14. The number of aryl methyl sites for hydroxylation is 1. The molecule has 0 unspecified atom stereocenters. The minimum Gasteiger partial charge on any atom is -0.489 e. The highest BCUT2D eigenvalue weighted by Crippen LogP contribution is 2.30. The summed E-state index contributed by atoms with van der Waals surface area (Å²) in [5.41, 5.74) is 2.65. The standard InChI is InChI=1S/C32H40N6O5/c1-32(2,3)42-31(39)43-38-14-8-23(9-15-38)7-13-37-22-27(21-35-37)36-30-19-25(6-12-34-30)24-4-5-29(26(18-24)20-33)41-28-10-16-40-17-11-28/h4-6,12,18-19,21-23,28H,7-11,13-17H2,1-3H3,(H,34,36). The molecule has 4 heterocycles. The number of ether oxygens (including phenoxy) is 3. The zero-order valence-corrected chi connectivity index (χ0v) is 25.1. The van der Waals surface area contributed by atoms with Gasteiger partial charge in [0.1, 0.15) is 29.3 Å². The van der Waals surface area contributed by atoms with E-state index in [9.17, 15) is 10.1 Å². The van der Waals surface area contributed by atoms with Crippen LogP contribution in [0.5, 0.6) is 5.75 Å². The highest BCUT2D eigenvalue weighted by molar-refractivity contribution is 5.70. The number of hydrogen-bond acceptors (Lipinski definition) is 10. The van der Waals surface area contributed by atoms with E-state index in [0.29, 0.717) is 49.4 Å². The van der Waals surface area contributed by atoms with Crippen LogP contribution in [-0.2, 0) is 20.9 Å². The lowest BCUT2D eigenvalue weighted by Crippen LogP contribution is -2.37. The molecule has 2 aromatic heterocycles. The van der Waals surface area contributed by atoms with Crippen molar-refractivity contribution >= 4 is 17.7 Å². The van der Waals surface area contributed by atoms with Crippen molar-refractivity contribution in [2.24, 2.45) is 5.92 Å². The van der Waals surface area contributed by atoms with E-state index < -0.39 is 11.8 Å². The fraction of sp³-hybridized carbons (Fsp3) is 0.500. The molecular formula is C32H40N6O5. The number of pyridine rings is 1. The molecular weight excluding hydrogens is 548 g/mol. The number of hydroxylamine groups is 2. The van der Waals surface area contributed by atoms with Gasteiger partial charge in [0.05, 0.1) is 30.7 Å². The van der Waals surface area contributed by atoms with Crippen LogP contribution in [0, 0.1) is 17.2 Å². The molecule has 2 saturated heterocycles. The lowest BCUT2D eigenvalue weighted by molar-refractivity contribution is -0.155. The third-order valence-corrected chi connectivity index (χ3v) is 7.49. The van der Waals surface area contributed by atoms with Gasteiger partial charge in [0.25, 0.3) is 0 Å². The van der Waals surface area contributed by atoms with Crippen LogP contribution in [0.15, 0.2) is 48.9 Å². The quantitative estimate of drug-likeness (QED) is 0.294. The van der Waals surface area contributed by atoms with Crippen LogP contribution in [0.4, 0.5) is 16.3 Å². The topological polar surface area (TPSA) is 124 Å². The minimum atomic E-state index is -0.650. The summed E-state index contributed by atoms with van der Waals surface area (Å²) in [6.45, 7) is 9.02. The van der Waals surface area contributed by atoms with Crippen LogP contribution in [-0.4, -0.2) is 64.0 Å². The van der Waals surface area contributed by atoms with Gasteiger partial charge in [-0.05, 0) is 81.3 Å². The Bertz CT molecular complexity index is 1410. The zero-order chi connectivity index (χ0) is 30.2. The van der Waals surface area contributed by atoms with E-state index in [2.05, 4.69) is 21.5 Å². The summed E-state index contributed by atoms with van der Waals surface area (Å²) in [6.07, 6.45) is 9.48. The predicted octanol–water partition coefficient (Wildman–Crippen LogP) is 6.09. The van der Waals surface area contributed by atoms with E-state index >= 15 is 0 Å². The van der Waals surface area contributed by atoms with Gasteiger partial charge in [-0.1, -0.05) is 6.07 Å². The number of nitrogens with one attached hydrogen (secondary N) is 1. The van der Waals surface area contributed by atoms with E-state index in [-0.39, 0.29) is 6.10 Å². The average molecular weight is 589 g/mol. The van der Waals surface area contributed by atoms with Gasteiger partial charge in [-0.2, -0.15) is 10.4 Å². The van der Waals surface area contributed by atoms with Gasteiger partial charge >= 0.3 is 6.16 Å². The van der Waals surface area contributed by atoms with Crippen molar-refractivity contribution in [2.45, 2.75) is 71.1 Å². The molecule has 228 valence electrons. The average Bonchev–Trinajstić information content (AvgIpc) is 3.44. The molecule has 0 saturated carbocycles. The number of benzene rings is 1. The van der Waals surface area contributed by atoms with Crippen LogP contribution >= 0.6 is 0 Å². The Morgan fingerprint density at radius 2 is 1.88 bits per heavy atom. The molecule has 0 spiro atoms. The predicted molar refractivity (Wildman–Crippen MR) is 161 cm³/mol. The Morgan fingerprint density at radius 3 is 2.63 bits per heavy atom. The molecule has 43 heavy (non-hydrogen) atoms. The van der Waals surface area contributed by atoms with Crippen molar-refractivity contribution < 1.29 is 23.8 Å². The van der Waals surface area contributed by atoms with E-state index in [0.717, 1.165) is 55.5 Å². The van der Waals surface area contributed by atoms with Crippen LogP contribution in [0.3, 0.4) is 0 Å². The van der Waals surface area contributed by atoms with Crippen LogP contribution < -0.4 is 10.1 Å². The molecule has 2 aliphatic heterocycles. The zero-order valence-electron chi connectivity index (χ0n) is 25.1. The summed E-state index contributed by atoms with van der Waals surface area (Å²) >= 11 is 0. The molecule has 11 nitrogen and oxygen atoms in total. The van der Waals surface area contributed by atoms with Crippen molar-refractivity contribution in [2.75, 3.05) is 31.6 Å². The molecule has 0 atom stereocenters. The Balaban J connectivity index is 1.11. The number of hydrogen-bond donors (Lipinski definition) is 1. The first-order valence-electron chi connectivity index (χ1n) is 14.9. The van der Waals surface area contributed by atoms with Gasteiger partial charge in [0.2, 0.25) is 0 Å². The molecule has 3 aromatic rings. The van der Waals surface area contributed by atoms with E-state index in [1.54, 1.807) is 17.5 Å². The number of carbonyl (C=O) groups excluding carboxylic acids is 1. The van der Waals surface area contributed by atoms with Crippen LogP contribution in [0.2, 0.25) is 0 Å². The second kappa shape index (κ2) is 13.9. The van der Waals surface area contributed by atoms with Gasteiger partial charge in [0, 0.05) is 44.9 Å². The molecule has 1 aromatic carbocycles. The van der Waals surface area contributed by atoms with E-state index in [1.807, 2.05) is 62.0 Å². The Kier molecular flexibility index (Phi) is 9.79. The fourth-order valence-electron chi connectivity index (χ4n) is 5.23. The van der Waals surface area contributed by atoms with Gasteiger partial charge in [-0.3, -0.25) is 4.68 Å². The summed E-state index contributed by atoms with van der Waals surface area (Å²) in [4.78, 5) is 21.7. The van der Waals surface area contributed by atoms with Crippen molar-refractivity contribution in [3.05, 3.63) is 54.5 Å². The maximum absolute atomic E-state index is 11.9. The van der Waals surface area contributed by atoms with Gasteiger partial charge in [0.15, 0.2) is 0 Å². The molecule has 5 rings (SSSR count). The van der Waals surface area contributed by atoms with Crippen LogP contribution in [0.25, 0.3) is 11.1 Å². The summed E-state index contributed by atoms with van der Waals surface area (Å²) in [6, 6.07) is 11.9. The van der Waals surface area contributed by atoms with Gasteiger partial charge < -0.3 is 24.4 Å². The molecule has 11 heteroatoms. The highest BCUT2D eigenvalue weighted by Gasteiger charge is 2.25. The second-order valence-electron chi connectivity index (χ2n) is 12.0. The number of carbonyl (C=O) groups is 1. The molecule has 2 fully saturated rings. The maximum Gasteiger partial charge on any atom is 0.528 e. The first-order valence-corrected chi connectivity index (χ1v) is 14.9. The number of piperidine rings is 1. The smallest absolute Gasteiger partial charge is 0.489 e. The third kappa shape index (κ3) is 8.92. The summed E-state index contributed by atoms with van der Waals surface area (Å²) < 4.78 is 18.7. The Morgan fingerprint density at radius 1 is 1.12 bits per heavy atom. The van der Waals surface area contributed by atoms with Crippen molar-refractivity contribution in [3.8, 4) is 22.9 Å². The van der Waals surface area contributed by atoms with Crippen molar-refractivity contribution in [1.82, 2.24) is 19.8 Å². The van der Waals surface area contributed by atoms with Crippen molar-refractivity contribution in [3.63, 3.8) is 0 Å². The first kappa shape index (κ1) is 30.3. The second-order valence-corrected chi connectivity index (χ2v) is 12.0. The maximum atomic E-state index is 11.9. The summed E-state index contributed by atoms with van der Waals surface area (Å²) in [7, 11) is 0. The fourth-order valence-corrected chi connectivity index (χ4v) is 5.23. The minimum absolute atomic E-state index is 0.0720. The number of nitriles is 1. The lowest BCUT2D eigenvalue weighted by atomic mass is 9.94. The normalized spacial score (nSPS) is 16.8. The highest BCUT2D eigenvalue weighted by atomic mass is 16.8. The molecule has 0 radical (unpaired) electrons. The van der Waals surface area contributed by atoms with Crippen molar-refractivity contribution in [1.29, 1.82) is 5.26 Å². The van der Waals surface area contributed by atoms with Gasteiger partial charge in [-0.25, -0.2) is 9.78 Å². The van der Waals surface area contributed by atoms with Crippen LogP contribution in [0.1, 0.15) is 58.4 Å². The number of nitrogens with zero attached hydrogens (tertiary/aromatic N) is 5. The lowest BCUT2D eigenvalue weighted by Gasteiger charge is -2.31. The monoisotopic (exact) mass is 588 g/mol. The molecule has 0 bridgehead atoms. The largest absolute Gasteiger partial charge is 0.528 e. The first-order chi connectivity index (χ1) is 20.7. The number of rotatable bonds is 9. The summed E-state index contributed by atoms with van der Waals surface area (Å²) in [5.74, 6) is 1.83. The Labute approximate surface area is 252 Å². The van der Waals surface area contributed by atoms with Gasteiger partial charge in [-0.15, -0.1) is 5.06 Å². The molecule has 2 aliphatic rings. The number of aromatic nitrogens is 3. The third-order valence-electron chi connectivity index (χ3n) is 7.49.